The van der Waals surface area contributed by atoms with E-state index >= 15 is 0 Å². The van der Waals surface area contributed by atoms with E-state index in [-0.39, 0.29) is 5.92 Å². The Kier molecular flexibility index (Phi) is 6.02. The molecule has 3 aliphatic heterocycles. The number of hydrogen-bond donors (Lipinski definition) is 1. The van der Waals surface area contributed by atoms with Gasteiger partial charge in [-0.15, -0.1) is 0 Å². The second kappa shape index (κ2) is 7.56. The first kappa shape index (κ1) is 16.7. The molecule has 0 radical (unpaired) electrons. The van der Waals surface area contributed by atoms with Crippen LogP contribution in [0.4, 0.5) is 0 Å². The lowest BCUT2D eigenvalue weighted by atomic mass is 9.95. The van der Waals surface area contributed by atoms with Crippen molar-refractivity contribution < 1.29 is 4.79 Å². The van der Waals surface area contributed by atoms with E-state index in [9.17, 15) is 4.79 Å². The number of likely N-dealkylation sites (tertiary alicyclic amines) is 1. The van der Waals surface area contributed by atoms with E-state index in [1.807, 2.05) is 20.9 Å². The van der Waals surface area contributed by atoms with Crippen LogP contribution in [0.25, 0.3) is 0 Å². The molecule has 1 amide bonds. The van der Waals surface area contributed by atoms with E-state index in [4.69, 9.17) is 0 Å². The van der Waals surface area contributed by atoms with Crippen LogP contribution in [0.5, 0.6) is 0 Å². The lowest BCUT2D eigenvalue weighted by molar-refractivity contribution is -0.142. The van der Waals surface area contributed by atoms with E-state index in [1.165, 1.54) is 12.8 Å². The molecule has 122 valence electrons. The summed E-state index contributed by atoms with van der Waals surface area (Å²) in [5, 5.41) is 2.21. The van der Waals surface area contributed by atoms with E-state index in [2.05, 4.69) is 27.3 Å². The monoisotopic (exact) mass is 296 g/mol. The molecule has 0 aromatic rings. The first-order chi connectivity index (χ1) is 10.2. The number of fused-ring (bicyclic) bond motifs is 2. The highest BCUT2D eigenvalue weighted by molar-refractivity contribution is 5.80. The van der Waals surface area contributed by atoms with Crippen LogP contribution in [-0.4, -0.2) is 73.1 Å². The fourth-order valence-electron chi connectivity index (χ4n) is 4.03. The van der Waals surface area contributed by atoms with E-state index in [0.29, 0.717) is 18.0 Å². The third-order valence-corrected chi connectivity index (χ3v) is 5.08. The summed E-state index contributed by atoms with van der Waals surface area (Å²) in [5.41, 5.74) is 3.18. The molecular formula is C16H32N4O. The maximum Gasteiger partial charge on any atom is 0.226 e. The van der Waals surface area contributed by atoms with Crippen molar-refractivity contribution in [3.05, 3.63) is 0 Å². The molecule has 5 nitrogen and oxygen atoms in total. The highest BCUT2D eigenvalue weighted by Gasteiger charge is 2.43. The van der Waals surface area contributed by atoms with Crippen molar-refractivity contribution in [1.82, 2.24) is 20.2 Å². The Morgan fingerprint density at radius 2 is 1.52 bits per heavy atom. The summed E-state index contributed by atoms with van der Waals surface area (Å²) in [6, 6.07) is 0.970. The highest BCUT2D eigenvalue weighted by Crippen LogP contribution is 2.32. The largest absolute Gasteiger partial charge is 0.334 e. The third kappa shape index (κ3) is 3.58. The third-order valence-electron chi connectivity index (χ3n) is 5.08. The Morgan fingerprint density at radius 1 is 1.00 bits per heavy atom. The summed E-state index contributed by atoms with van der Waals surface area (Å²) in [6.07, 6.45) is 4.42. The molecular weight excluding hydrogens is 264 g/mol. The minimum Gasteiger partial charge on any atom is -0.334 e. The van der Waals surface area contributed by atoms with Gasteiger partial charge in [0, 0.05) is 44.2 Å². The smallest absolute Gasteiger partial charge is 0.226 e. The summed E-state index contributed by atoms with van der Waals surface area (Å²) in [5.74, 6) is 0.701. The fourth-order valence-corrected chi connectivity index (χ4v) is 4.03. The minimum atomic E-state index is 0.260. The van der Waals surface area contributed by atoms with Crippen LogP contribution in [0.15, 0.2) is 0 Å². The van der Waals surface area contributed by atoms with Gasteiger partial charge in [-0.1, -0.05) is 13.8 Å². The summed E-state index contributed by atoms with van der Waals surface area (Å²) < 4.78 is 0. The quantitative estimate of drug-likeness (QED) is 0.830. The molecule has 0 aromatic heterocycles. The van der Waals surface area contributed by atoms with Crippen molar-refractivity contribution in [2.45, 2.75) is 51.6 Å². The van der Waals surface area contributed by atoms with E-state index < -0.39 is 0 Å². The number of hydrogen-bond acceptors (Lipinski definition) is 4. The average Bonchev–Trinajstić information content (AvgIpc) is 2.80. The van der Waals surface area contributed by atoms with Gasteiger partial charge in [-0.2, -0.15) is 0 Å². The molecule has 2 atom stereocenters. The topological polar surface area (TPSA) is 38.8 Å². The second-order valence-corrected chi connectivity index (χ2v) is 6.34. The van der Waals surface area contributed by atoms with Gasteiger partial charge >= 0.3 is 0 Å². The molecule has 3 fully saturated rings. The zero-order chi connectivity index (χ0) is 15.4. The fraction of sp³-hybridized carbons (Fsp3) is 0.938. The number of rotatable bonds is 2. The highest BCUT2D eigenvalue weighted by atomic mass is 16.2. The summed E-state index contributed by atoms with van der Waals surface area (Å²) in [6.45, 7) is 8.13. The normalized spacial score (nSPS) is 31.0. The molecule has 0 aromatic carbocycles. The van der Waals surface area contributed by atoms with Crippen molar-refractivity contribution in [3.8, 4) is 0 Å². The average molecular weight is 296 g/mol. The van der Waals surface area contributed by atoms with Gasteiger partial charge in [-0.3, -0.25) is 10.2 Å². The van der Waals surface area contributed by atoms with E-state index in [1.54, 1.807) is 0 Å². The van der Waals surface area contributed by atoms with Crippen LogP contribution in [0, 0.1) is 5.92 Å². The molecule has 0 saturated carbocycles. The van der Waals surface area contributed by atoms with Gasteiger partial charge in [0.25, 0.3) is 0 Å². The zero-order valence-corrected chi connectivity index (χ0v) is 14.1. The Balaban J connectivity index is 0.000000774. The summed E-state index contributed by atoms with van der Waals surface area (Å²) >= 11 is 0. The Morgan fingerprint density at radius 3 is 2.00 bits per heavy atom. The number of nitrogens with one attached hydrogen (secondary N) is 1. The van der Waals surface area contributed by atoms with Crippen LogP contribution in [0.2, 0.25) is 0 Å². The molecule has 1 N–H and O–H groups in total. The predicted octanol–water partition coefficient (Wildman–Crippen LogP) is 1.16. The molecule has 5 heteroatoms. The van der Waals surface area contributed by atoms with Crippen LogP contribution < -0.4 is 5.43 Å². The molecule has 3 aliphatic rings. The van der Waals surface area contributed by atoms with Crippen molar-refractivity contribution >= 4 is 5.91 Å². The molecule has 3 heterocycles. The van der Waals surface area contributed by atoms with Crippen LogP contribution in [-0.2, 0) is 4.79 Å². The van der Waals surface area contributed by atoms with Crippen molar-refractivity contribution in [3.63, 3.8) is 0 Å². The molecule has 3 saturated heterocycles. The van der Waals surface area contributed by atoms with Gasteiger partial charge in [-0.25, -0.2) is 5.01 Å². The SMILES string of the molecule is CC.CNN1CCC(C(=O)N2C3CCC2CN(C)C3)CC1. The summed E-state index contributed by atoms with van der Waals surface area (Å²) in [4.78, 5) is 17.4. The molecule has 2 unspecified atom stereocenters. The van der Waals surface area contributed by atoms with Crippen LogP contribution >= 0.6 is 0 Å². The number of carbonyl (C=O) groups excluding carboxylic acids is 1. The first-order valence-electron chi connectivity index (χ1n) is 8.62. The number of likely N-dealkylation sites (N-methyl/N-ethyl adjacent to an activating group) is 1. The maximum absolute atomic E-state index is 12.8. The van der Waals surface area contributed by atoms with Gasteiger partial charge in [0.1, 0.15) is 0 Å². The lowest BCUT2D eigenvalue weighted by Gasteiger charge is -2.42. The number of amides is 1. The number of piperidine rings is 1. The van der Waals surface area contributed by atoms with Crippen molar-refractivity contribution in [1.29, 1.82) is 0 Å². The van der Waals surface area contributed by atoms with Gasteiger partial charge in [-0.05, 0) is 39.8 Å². The molecule has 3 rings (SSSR count). The number of nitrogens with zero attached hydrogens (tertiary/aromatic N) is 3. The Labute approximate surface area is 129 Å². The molecule has 0 spiro atoms. The Bertz CT molecular complexity index is 327. The Hall–Kier alpha value is -0.650. The predicted molar refractivity (Wildman–Crippen MR) is 85.9 cm³/mol. The van der Waals surface area contributed by atoms with Crippen LogP contribution in [0.3, 0.4) is 0 Å². The maximum atomic E-state index is 12.8. The van der Waals surface area contributed by atoms with E-state index in [0.717, 1.165) is 39.0 Å². The summed E-state index contributed by atoms with van der Waals surface area (Å²) in [7, 11) is 4.14. The van der Waals surface area contributed by atoms with Crippen LogP contribution in [0.1, 0.15) is 39.5 Å². The molecule has 21 heavy (non-hydrogen) atoms. The molecule has 0 aliphatic carbocycles. The molecule has 2 bridgehead atoms. The van der Waals surface area contributed by atoms with Crippen molar-refractivity contribution in [2.75, 3.05) is 40.3 Å². The first-order valence-corrected chi connectivity index (χ1v) is 8.62. The van der Waals surface area contributed by atoms with Gasteiger partial charge in [0.05, 0.1) is 0 Å². The minimum absolute atomic E-state index is 0.260. The number of carbonyl (C=O) groups is 1. The number of hydrazine groups is 1. The van der Waals surface area contributed by atoms with Gasteiger partial charge in [0.2, 0.25) is 5.91 Å². The van der Waals surface area contributed by atoms with Gasteiger partial charge < -0.3 is 9.80 Å². The lowest BCUT2D eigenvalue weighted by Crippen LogP contribution is -2.57. The van der Waals surface area contributed by atoms with Gasteiger partial charge in [0.15, 0.2) is 0 Å². The standard InChI is InChI=1S/C14H26N4O.C2H6/c1-15-17-7-5-11(6-8-17)14(19)18-12-3-4-13(18)10-16(2)9-12;1-2/h11-13,15H,3-10H2,1-2H3;1-2H3. The zero-order valence-electron chi connectivity index (χ0n) is 14.1. The number of piperazine rings is 1. The second-order valence-electron chi connectivity index (χ2n) is 6.34. The van der Waals surface area contributed by atoms with Crippen molar-refractivity contribution in [2.24, 2.45) is 5.92 Å².